The van der Waals surface area contributed by atoms with Gasteiger partial charge in [-0.25, -0.2) is 0 Å². The number of nitrogens with zero attached hydrogens (tertiary/aromatic N) is 4. The van der Waals surface area contributed by atoms with Gasteiger partial charge in [-0.1, -0.05) is 48.4 Å². The second kappa shape index (κ2) is 9.05. The normalized spacial score (nSPS) is 12.5. The van der Waals surface area contributed by atoms with E-state index in [1.807, 2.05) is 13.0 Å². The lowest BCUT2D eigenvalue weighted by atomic mass is 9.93. The third kappa shape index (κ3) is 3.99. The molecule has 0 bridgehead atoms. The highest BCUT2D eigenvalue weighted by Crippen LogP contribution is 2.34. The molecule has 0 unspecified atom stereocenters. The van der Waals surface area contributed by atoms with Crippen LogP contribution in [0.15, 0.2) is 59.7 Å². The molecule has 0 spiro atoms. The number of azide groups is 1. The molecule has 1 aliphatic rings. The lowest BCUT2D eigenvalue weighted by Crippen LogP contribution is -2.40. The van der Waals surface area contributed by atoms with E-state index in [0.717, 1.165) is 10.9 Å². The Bertz CT molecular complexity index is 1260. The van der Waals surface area contributed by atoms with E-state index in [1.165, 1.54) is 4.90 Å². The summed E-state index contributed by atoms with van der Waals surface area (Å²) in [5, 5.41) is 8.10. The maximum atomic E-state index is 12.9. The summed E-state index contributed by atoms with van der Waals surface area (Å²) in [5.74, 6) is -0.565. The van der Waals surface area contributed by atoms with Crippen molar-refractivity contribution in [3.63, 3.8) is 0 Å². The van der Waals surface area contributed by atoms with Gasteiger partial charge in [0.05, 0.1) is 0 Å². The number of hydrogen-bond donors (Lipinski definition) is 1. The van der Waals surface area contributed by atoms with Crippen molar-refractivity contribution in [2.45, 2.75) is 20.0 Å². The smallest absolute Gasteiger partial charge is 0.261 e. The first kappa shape index (κ1) is 21.3. The molecule has 3 aromatic rings. The lowest BCUT2D eigenvalue weighted by Gasteiger charge is -2.27. The van der Waals surface area contributed by atoms with Crippen LogP contribution in [0.3, 0.4) is 0 Å². The van der Waals surface area contributed by atoms with Crippen LogP contribution in [-0.4, -0.2) is 28.4 Å². The molecule has 1 N–H and O–H groups in total. The van der Waals surface area contributed by atoms with Crippen LogP contribution in [0, 0.1) is 0 Å². The lowest BCUT2D eigenvalue weighted by molar-refractivity contribution is 0.0610. The van der Waals surface area contributed by atoms with Crippen LogP contribution in [-0.2, 0) is 11.3 Å². The molecular formula is C23H19N5O3S. The number of nitrogens with one attached hydrogen (secondary N) is 1. The standard InChI is InChI=1S/C23H19N5O3S/c1-2-12-28-21(29)17-5-3-4-16-19(11-10-18(20(16)17)22(28)30)25-23(32)31-13-14-6-8-15(9-7-14)26-27-24/h3-11H,2,12-13H2,1H3,(H,25,32). The van der Waals surface area contributed by atoms with Crippen LogP contribution in [0.1, 0.15) is 39.6 Å². The third-order valence-corrected chi connectivity index (χ3v) is 5.36. The SMILES string of the molecule is CCCN1C(=O)c2cccc3c(NC(=S)OCc4ccc(N=[N+]=[N-])cc4)ccc(c23)C1=O. The van der Waals surface area contributed by atoms with Gasteiger partial charge in [0, 0.05) is 44.7 Å². The van der Waals surface area contributed by atoms with Crippen LogP contribution >= 0.6 is 12.2 Å². The maximum Gasteiger partial charge on any atom is 0.261 e. The Balaban J connectivity index is 1.55. The number of anilines is 1. The minimum atomic E-state index is -0.282. The first-order valence-corrected chi connectivity index (χ1v) is 10.4. The van der Waals surface area contributed by atoms with Crippen LogP contribution in [0.25, 0.3) is 21.2 Å². The molecule has 32 heavy (non-hydrogen) atoms. The second-order valence-electron chi connectivity index (χ2n) is 7.21. The molecular weight excluding hydrogens is 426 g/mol. The first-order chi connectivity index (χ1) is 15.5. The van der Waals surface area contributed by atoms with Crippen molar-refractivity contribution < 1.29 is 14.3 Å². The van der Waals surface area contributed by atoms with Crippen molar-refractivity contribution in [2.24, 2.45) is 5.11 Å². The zero-order valence-electron chi connectivity index (χ0n) is 17.2. The molecule has 0 aliphatic carbocycles. The molecule has 0 radical (unpaired) electrons. The van der Waals surface area contributed by atoms with Gasteiger partial charge >= 0.3 is 0 Å². The quantitative estimate of drug-likeness (QED) is 0.172. The molecule has 0 atom stereocenters. The minimum absolute atomic E-state index is 0.158. The summed E-state index contributed by atoms with van der Waals surface area (Å²) in [5.41, 5.74) is 11.5. The molecule has 3 aromatic carbocycles. The van der Waals surface area contributed by atoms with E-state index in [0.29, 0.717) is 40.9 Å². The molecule has 160 valence electrons. The second-order valence-corrected chi connectivity index (χ2v) is 7.58. The molecule has 2 amide bonds. The Morgan fingerprint density at radius 1 is 1.09 bits per heavy atom. The monoisotopic (exact) mass is 445 g/mol. The predicted molar refractivity (Wildman–Crippen MR) is 126 cm³/mol. The summed E-state index contributed by atoms with van der Waals surface area (Å²) >= 11 is 5.33. The van der Waals surface area contributed by atoms with E-state index in [-0.39, 0.29) is 23.6 Å². The van der Waals surface area contributed by atoms with Crippen molar-refractivity contribution in [3.8, 4) is 0 Å². The Hall–Kier alpha value is -3.94. The summed E-state index contributed by atoms with van der Waals surface area (Å²) in [6, 6.07) is 15.8. The van der Waals surface area contributed by atoms with Gasteiger partial charge in [-0.05, 0) is 47.9 Å². The van der Waals surface area contributed by atoms with Gasteiger partial charge in [-0.15, -0.1) is 0 Å². The van der Waals surface area contributed by atoms with E-state index >= 15 is 0 Å². The Morgan fingerprint density at radius 2 is 1.81 bits per heavy atom. The number of amides is 2. The van der Waals surface area contributed by atoms with Crippen molar-refractivity contribution in [2.75, 3.05) is 11.9 Å². The largest absolute Gasteiger partial charge is 0.466 e. The summed E-state index contributed by atoms with van der Waals surface area (Å²) in [4.78, 5) is 29.8. The highest BCUT2D eigenvalue weighted by molar-refractivity contribution is 7.80. The number of imide groups is 1. The zero-order chi connectivity index (χ0) is 22.7. The summed E-state index contributed by atoms with van der Waals surface area (Å²) in [7, 11) is 0. The van der Waals surface area contributed by atoms with Crippen LogP contribution < -0.4 is 5.32 Å². The van der Waals surface area contributed by atoms with Gasteiger partial charge in [0.1, 0.15) is 6.61 Å². The van der Waals surface area contributed by atoms with Crippen LogP contribution in [0.2, 0.25) is 0 Å². The first-order valence-electron chi connectivity index (χ1n) is 10.0. The van der Waals surface area contributed by atoms with E-state index in [2.05, 4.69) is 15.3 Å². The third-order valence-electron chi connectivity index (χ3n) is 5.14. The van der Waals surface area contributed by atoms with Gasteiger partial charge in [-0.3, -0.25) is 14.5 Å². The Kier molecular flexibility index (Phi) is 6.02. The summed E-state index contributed by atoms with van der Waals surface area (Å²) < 4.78 is 5.65. The van der Waals surface area contributed by atoms with Gasteiger partial charge in [0.2, 0.25) is 0 Å². The molecule has 8 nitrogen and oxygen atoms in total. The number of ether oxygens (including phenoxy) is 1. The molecule has 1 heterocycles. The molecule has 0 aromatic heterocycles. The van der Waals surface area contributed by atoms with Crippen LogP contribution in [0.5, 0.6) is 0 Å². The molecule has 1 aliphatic heterocycles. The van der Waals surface area contributed by atoms with E-state index in [9.17, 15) is 9.59 Å². The summed E-state index contributed by atoms with van der Waals surface area (Å²) in [6.45, 7) is 2.54. The fraction of sp³-hybridized carbons (Fsp3) is 0.174. The molecule has 0 saturated heterocycles. The number of rotatable bonds is 6. The van der Waals surface area contributed by atoms with E-state index < -0.39 is 0 Å². The maximum absolute atomic E-state index is 12.9. The molecule has 0 fully saturated rings. The molecule has 4 rings (SSSR count). The Morgan fingerprint density at radius 3 is 2.50 bits per heavy atom. The zero-order valence-corrected chi connectivity index (χ0v) is 18.1. The van der Waals surface area contributed by atoms with E-state index in [1.54, 1.807) is 48.5 Å². The predicted octanol–water partition coefficient (Wildman–Crippen LogP) is 5.70. The average molecular weight is 446 g/mol. The molecule has 0 saturated carbocycles. The van der Waals surface area contributed by atoms with Crippen molar-refractivity contribution in [3.05, 3.63) is 81.7 Å². The van der Waals surface area contributed by atoms with Crippen molar-refractivity contribution in [1.29, 1.82) is 0 Å². The van der Waals surface area contributed by atoms with Crippen LogP contribution in [0.4, 0.5) is 11.4 Å². The fourth-order valence-corrected chi connectivity index (χ4v) is 3.86. The van der Waals surface area contributed by atoms with Gasteiger partial charge in [0.25, 0.3) is 17.0 Å². The topological polar surface area (TPSA) is 107 Å². The Labute approximate surface area is 189 Å². The minimum Gasteiger partial charge on any atom is -0.466 e. The van der Waals surface area contributed by atoms with Gasteiger partial charge < -0.3 is 10.1 Å². The van der Waals surface area contributed by atoms with Gasteiger partial charge in [0.15, 0.2) is 0 Å². The average Bonchev–Trinajstić information content (AvgIpc) is 2.80. The number of carbonyl (C=O) groups excluding carboxylic acids is 2. The fourth-order valence-electron chi connectivity index (χ4n) is 3.69. The van der Waals surface area contributed by atoms with Crippen molar-refractivity contribution >= 4 is 51.4 Å². The van der Waals surface area contributed by atoms with Crippen molar-refractivity contribution in [1.82, 2.24) is 4.90 Å². The number of benzene rings is 3. The highest BCUT2D eigenvalue weighted by atomic mass is 32.1. The molecule has 9 heteroatoms. The number of thiocarbonyl (C=S) groups is 1. The van der Waals surface area contributed by atoms with Gasteiger partial charge in [-0.2, -0.15) is 0 Å². The highest BCUT2D eigenvalue weighted by Gasteiger charge is 2.32. The number of hydrogen-bond acceptors (Lipinski definition) is 5. The van der Waals surface area contributed by atoms with E-state index in [4.69, 9.17) is 22.5 Å². The summed E-state index contributed by atoms with van der Waals surface area (Å²) in [6.07, 6.45) is 0.697. The number of carbonyl (C=O) groups is 2.